The number of carboxylic acids is 1. The highest BCUT2D eigenvalue weighted by Crippen LogP contribution is 2.50. The maximum atomic E-state index is 10.7. The Morgan fingerprint density at radius 2 is 2.14 bits per heavy atom. The van der Waals surface area contributed by atoms with Crippen molar-refractivity contribution in [3.05, 3.63) is 33.8 Å². The van der Waals surface area contributed by atoms with E-state index in [0.717, 1.165) is 5.56 Å². The van der Waals surface area contributed by atoms with Crippen molar-refractivity contribution < 1.29 is 9.90 Å². The monoisotopic (exact) mass is 230 g/mol. The highest BCUT2D eigenvalue weighted by Gasteiger charge is 2.45. The van der Waals surface area contributed by atoms with Gasteiger partial charge in [-0.1, -0.05) is 23.2 Å². The normalized spacial score (nSPS) is 24.7. The van der Waals surface area contributed by atoms with Crippen molar-refractivity contribution in [2.45, 2.75) is 12.3 Å². The summed E-state index contributed by atoms with van der Waals surface area (Å²) in [5, 5.41) is 9.97. The van der Waals surface area contributed by atoms with Crippen LogP contribution in [0.5, 0.6) is 0 Å². The molecular formula is C10H8Cl2O2. The third-order valence-electron chi connectivity index (χ3n) is 2.47. The number of hydrogen-bond donors (Lipinski definition) is 1. The van der Waals surface area contributed by atoms with Crippen molar-refractivity contribution in [2.75, 3.05) is 0 Å². The van der Waals surface area contributed by atoms with Crippen LogP contribution in [-0.4, -0.2) is 11.1 Å². The van der Waals surface area contributed by atoms with Crippen LogP contribution in [0.2, 0.25) is 10.0 Å². The van der Waals surface area contributed by atoms with Gasteiger partial charge in [-0.05, 0) is 36.1 Å². The Morgan fingerprint density at radius 1 is 1.43 bits per heavy atom. The van der Waals surface area contributed by atoms with Gasteiger partial charge in [-0.3, -0.25) is 4.79 Å². The fourth-order valence-corrected chi connectivity index (χ4v) is 2.05. The zero-order valence-electron chi connectivity index (χ0n) is 7.21. The molecule has 0 amide bonds. The van der Waals surface area contributed by atoms with Gasteiger partial charge in [0, 0.05) is 10.0 Å². The first-order valence-electron chi connectivity index (χ1n) is 4.27. The standard InChI is InChI=1S/C10H8Cl2O2/c11-5-1-2-9(12)7(3-5)6-4-8(6)10(13)14/h1-3,6,8H,4H2,(H,13,14)/t6-,8-/m1/s1. The number of halogens is 2. The molecule has 2 rings (SSSR count). The zero-order valence-corrected chi connectivity index (χ0v) is 8.72. The van der Waals surface area contributed by atoms with Gasteiger partial charge in [0.15, 0.2) is 0 Å². The minimum atomic E-state index is -0.758. The van der Waals surface area contributed by atoms with E-state index in [4.69, 9.17) is 28.3 Å². The maximum Gasteiger partial charge on any atom is 0.307 e. The van der Waals surface area contributed by atoms with E-state index < -0.39 is 5.97 Å². The Balaban J connectivity index is 2.26. The Morgan fingerprint density at radius 3 is 2.71 bits per heavy atom. The predicted octanol–water partition coefficient (Wildman–Crippen LogP) is 3.18. The van der Waals surface area contributed by atoms with E-state index in [0.29, 0.717) is 16.5 Å². The fourth-order valence-electron chi connectivity index (χ4n) is 1.61. The molecule has 0 aliphatic heterocycles. The molecule has 4 heteroatoms. The molecule has 1 aliphatic rings. The number of carbonyl (C=O) groups is 1. The molecule has 0 saturated heterocycles. The Labute approximate surface area is 91.4 Å². The Bertz CT molecular complexity index is 390. The lowest BCUT2D eigenvalue weighted by molar-refractivity contribution is -0.138. The number of rotatable bonds is 2. The van der Waals surface area contributed by atoms with Gasteiger partial charge >= 0.3 is 5.97 Å². The van der Waals surface area contributed by atoms with E-state index >= 15 is 0 Å². The first-order chi connectivity index (χ1) is 6.59. The summed E-state index contributed by atoms with van der Waals surface area (Å²) >= 11 is 11.8. The van der Waals surface area contributed by atoms with Gasteiger partial charge < -0.3 is 5.11 Å². The molecule has 0 aromatic heterocycles. The molecule has 1 fully saturated rings. The molecule has 0 heterocycles. The van der Waals surface area contributed by atoms with E-state index in [2.05, 4.69) is 0 Å². The van der Waals surface area contributed by atoms with Crippen molar-refractivity contribution in [3.8, 4) is 0 Å². The second-order valence-electron chi connectivity index (χ2n) is 3.45. The summed E-state index contributed by atoms with van der Waals surface area (Å²) in [5.41, 5.74) is 0.853. The van der Waals surface area contributed by atoms with Crippen LogP contribution in [0.4, 0.5) is 0 Å². The average molecular weight is 231 g/mol. The van der Waals surface area contributed by atoms with Gasteiger partial charge in [-0.25, -0.2) is 0 Å². The molecule has 0 bridgehead atoms. The van der Waals surface area contributed by atoms with Crippen LogP contribution in [0.3, 0.4) is 0 Å². The SMILES string of the molecule is O=C(O)[C@@H]1C[C@@H]1c1cc(Cl)ccc1Cl. The smallest absolute Gasteiger partial charge is 0.307 e. The largest absolute Gasteiger partial charge is 0.481 e. The second kappa shape index (κ2) is 3.44. The molecule has 0 unspecified atom stereocenters. The van der Waals surface area contributed by atoms with Crippen LogP contribution in [0.25, 0.3) is 0 Å². The van der Waals surface area contributed by atoms with E-state index in [1.807, 2.05) is 0 Å². The van der Waals surface area contributed by atoms with Crippen LogP contribution in [0.15, 0.2) is 18.2 Å². The number of hydrogen-bond acceptors (Lipinski definition) is 1. The van der Waals surface area contributed by atoms with E-state index in [9.17, 15) is 4.79 Å². The lowest BCUT2D eigenvalue weighted by Gasteiger charge is -2.02. The second-order valence-corrected chi connectivity index (χ2v) is 4.30. The first-order valence-corrected chi connectivity index (χ1v) is 5.03. The van der Waals surface area contributed by atoms with E-state index in [1.54, 1.807) is 18.2 Å². The average Bonchev–Trinajstić information content (AvgIpc) is 2.88. The van der Waals surface area contributed by atoms with E-state index in [-0.39, 0.29) is 11.8 Å². The molecule has 14 heavy (non-hydrogen) atoms. The molecule has 2 nitrogen and oxygen atoms in total. The van der Waals surface area contributed by atoms with Gasteiger partial charge in [0.05, 0.1) is 5.92 Å². The van der Waals surface area contributed by atoms with Crippen LogP contribution in [-0.2, 0) is 4.79 Å². The summed E-state index contributed by atoms with van der Waals surface area (Å²) in [6.07, 6.45) is 0.662. The van der Waals surface area contributed by atoms with E-state index in [1.165, 1.54) is 0 Å². The van der Waals surface area contributed by atoms with Crippen molar-refractivity contribution in [2.24, 2.45) is 5.92 Å². The number of benzene rings is 1. The molecular weight excluding hydrogens is 223 g/mol. The molecule has 0 radical (unpaired) electrons. The highest BCUT2D eigenvalue weighted by molar-refractivity contribution is 6.33. The summed E-state index contributed by atoms with van der Waals surface area (Å²) in [6.45, 7) is 0. The summed E-state index contributed by atoms with van der Waals surface area (Å²) in [6, 6.07) is 5.15. The summed E-state index contributed by atoms with van der Waals surface area (Å²) < 4.78 is 0. The van der Waals surface area contributed by atoms with Gasteiger partial charge in [0.25, 0.3) is 0 Å². The molecule has 1 N–H and O–H groups in total. The van der Waals surface area contributed by atoms with Crippen LogP contribution < -0.4 is 0 Å². The van der Waals surface area contributed by atoms with Crippen molar-refractivity contribution in [1.82, 2.24) is 0 Å². The predicted molar refractivity (Wildman–Crippen MR) is 54.9 cm³/mol. The van der Waals surface area contributed by atoms with Gasteiger partial charge in [-0.2, -0.15) is 0 Å². The lowest BCUT2D eigenvalue weighted by Crippen LogP contribution is -1.99. The number of aliphatic carboxylic acids is 1. The molecule has 74 valence electrons. The minimum absolute atomic E-state index is 0.0405. The lowest BCUT2D eigenvalue weighted by atomic mass is 10.1. The topological polar surface area (TPSA) is 37.3 Å². The van der Waals surface area contributed by atoms with Crippen LogP contribution >= 0.6 is 23.2 Å². The fraction of sp³-hybridized carbons (Fsp3) is 0.300. The van der Waals surface area contributed by atoms with Gasteiger partial charge in [0.2, 0.25) is 0 Å². The molecule has 1 aliphatic carbocycles. The molecule has 1 aromatic carbocycles. The molecule has 0 spiro atoms. The van der Waals surface area contributed by atoms with Crippen LogP contribution in [0.1, 0.15) is 17.9 Å². The molecule has 2 atom stereocenters. The third-order valence-corrected chi connectivity index (χ3v) is 3.04. The highest BCUT2D eigenvalue weighted by atomic mass is 35.5. The zero-order chi connectivity index (χ0) is 10.3. The molecule has 1 aromatic rings. The van der Waals surface area contributed by atoms with Crippen molar-refractivity contribution in [3.63, 3.8) is 0 Å². The first kappa shape index (κ1) is 9.81. The minimum Gasteiger partial charge on any atom is -0.481 e. The van der Waals surface area contributed by atoms with Gasteiger partial charge in [0.1, 0.15) is 0 Å². The van der Waals surface area contributed by atoms with Crippen molar-refractivity contribution >= 4 is 29.2 Å². The Kier molecular flexibility index (Phi) is 2.41. The van der Waals surface area contributed by atoms with Gasteiger partial charge in [-0.15, -0.1) is 0 Å². The number of carboxylic acid groups (broad SMARTS) is 1. The Hall–Kier alpha value is -0.730. The summed E-state index contributed by atoms with van der Waals surface area (Å²) in [4.78, 5) is 10.7. The van der Waals surface area contributed by atoms with Crippen molar-refractivity contribution in [1.29, 1.82) is 0 Å². The maximum absolute atomic E-state index is 10.7. The summed E-state index contributed by atoms with van der Waals surface area (Å²) in [7, 11) is 0. The molecule has 1 saturated carbocycles. The van der Waals surface area contributed by atoms with Crippen LogP contribution in [0, 0.1) is 5.92 Å². The summed E-state index contributed by atoms with van der Waals surface area (Å²) in [5.74, 6) is -1.00. The third kappa shape index (κ3) is 1.72. The quantitative estimate of drug-likeness (QED) is 0.848.